The molecule has 0 fully saturated rings. The molecule has 0 radical (unpaired) electrons. The molecule has 0 unspecified atom stereocenters. The minimum atomic E-state index is -1.02. The fourth-order valence-corrected chi connectivity index (χ4v) is 0.936. The minimum absolute atomic E-state index is 0.0462. The van der Waals surface area contributed by atoms with E-state index >= 15 is 0 Å². The number of anilines is 1. The average molecular weight is 184 g/mol. The zero-order valence-electron chi connectivity index (χ0n) is 7.07. The van der Waals surface area contributed by atoms with Crippen molar-refractivity contribution < 1.29 is 14.3 Å². The van der Waals surface area contributed by atoms with Crippen LogP contribution in [0.15, 0.2) is 18.3 Å². The Morgan fingerprint density at radius 1 is 1.77 bits per heavy atom. The first kappa shape index (κ1) is 9.44. The molecule has 1 aromatic rings. The normalized spacial score (nSPS) is 9.69. The molecule has 0 aliphatic heterocycles. The van der Waals surface area contributed by atoms with Gasteiger partial charge in [-0.3, -0.25) is 4.79 Å². The van der Waals surface area contributed by atoms with Crippen LogP contribution in [0.5, 0.6) is 0 Å². The molecule has 1 N–H and O–H groups in total. The van der Waals surface area contributed by atoms with Crippen LogP contribution in [0, 0.1) is 5.82 Å². The predicted octanol–water partition coefficient (Wildman–Crippen LogP) is 0.741. The highest BCUT2D eigenvalue weighted by Gasteiger charge is 2.10. The summed E-state index contributed by atoms with van der Waals surface area (Å²) in [7, 11) is 1.47. The Morgan fingerprint density at radius 2 is 2.46 bits per heavy atom. The Balaban J connectivity index is 2.82. The van der Waals surface area contributed by atoms with Gasteiger partial charge in [0.25, 0.3) is 0 Å². The van der Waals surface area contributed by atoms with Gasteiger partial charge in [0.2, 0.25) is 0 Å². The second-order valence-corrected chi connectivity index (χ2v) is 2.56. The first-order chi connectivity index (χ1) is 6.11. The molecule has 0 amide bonds. The van der Waals surface area contributed by atoms with E-state index in [1.807, 2.05) is 0 Å². The molecule has 0 aliphatic carbocycles. The largest absolute Gasteiger partial charge is 0.480 e. The van der Waals surface area contributed by atoms with Gasteiger partial charge in [0.05, 0.1) is 0 Å². The molecular weight excluding hydrogens is 175 g/mol. The number of hydrogen-bond acceptors (Lipinski definition) is 3. The van der Waals surface area contributed by atoms with Crippen LogP contribution < -0.4 is 4.90 Å². The number of rotatable bonds is 3. The molecule has 5 heteroatoms. The van der Waals surface area contributed by atoms with Crippen molar-refractivity contribution in [1.29, 1.82) is 0 Å². The van der Waals surface area contributed by atoms with Gasteiger partial charge in [-0.2, -0.15) is 0 Å². The number of likely N-dealkylation sites (N-methyl/N-ethyl adjacent to an activating group) is 1. The summed E-state index contributed by atoms with van der Waals surface area (Å²) in [6, 6.07) is 2.69. The summed E-state index contributed by atoms with van der Waals surface area (Å²) in [6.07, 6.45) is 1.41. The molecule has 1 rings (SSSR count). The van der Waals surface area contributed by atoms with Crippen LogP contribution in [0.1, 0.15) is 0 Å². The number of carbonyl (C=O) groups is 1. The minimum Gasteiger partial charge on any atom is -0.480 e. The number of halogens is 1. The smallest absolute Gasteiger partial charge is 0.323 e. The second kappa shape index (κ2) is 3.84. The van der Waals surface area contributed by atoms with Crippen LogP contribution >= 0.6 is 0 Å². The van der Waals surface area contributed by atoms with Crippen molar-refractivity contribution in [2.45, 2.75) is 0 Å². The van der Waals surface area contributed by atoms with Crippen LogP contribution in [0.2, 0.25) is 0 Å². The van der Waals surface area contributed by atoms with Crippen molar-refractivity contribution in [2.75, 3.05) is 18.5 Å². The first-order valence-electron chi connectivity index (χ1n) is 3.64. The summed E-state index contributed by atoms with van der Waals surface area (Å²) in [5.41, 5.74) is 0. The third-order valence-electron chi connectivity index (χ3n) is 1.47. The second-order valence-electron chi connectivity index (χ2n) is 2.56. The van der Waals surface area contributed by atoms with Gasteiger partial charge in [-0.1, -0.05) is 0 Å². The molecule has 1 heterocycles. The Morgan fingerprint density at radius 3 is 3.00 bits per heavy atom. The lowest BCUT2D eigenvalue weighted by atomic mass is 10.4. The Kier molecular flexibility index (Phi) is 2.79. The molecule has 0 atom stereocenters. The molecule has 0 saturated heterocycles. The van der Waals surface area contributed by atoms with Crippen molar-refractivity contribution in [3.63, 3.8) is 0 Å². The molecule has 0 spiro atoms. The van der Waals surface area contributed by atoms with E-state index < -0.39 is 11.8 Å². The summed E-state index contributed by atoms with van der Waals surface area (Å²) >= 11 is 0. The van der Waals surface area contributed by atoms with Gasteiger partial charge in [0.15, 0.2) is 11.6 Å². The number of pyridine rings is 1. The summed E-state index contributed by atoms with van der Waals surface area (Å²) in [4.78, 5) is 15.3. The van der Waals surface area contributed by atoms with Crippen molar-refractivity contribution in [1.82, 2.24) is 4.98 Å². The zero-order valence-corrected chi connectivity index (χ0v) is 7.07. The van der Waals surface area contributed by atoms with Crippen LogP contribution in [-0.2, 0) is 4.79 Å². The highest BCUT2D eigenvalue weighted by molar-refractivity contribution is 5.72. The van der Waals surface area contributed by atoms with Gasteiger partial charge in [0, 0.05) is 13.2 Å². The van der Waals surface area contributed by atoms with Crippen molar-refractivity contribution >= 4 is 11.8 Å². The quantitative estimate of drug-likeness (QED) is 0.752. The highest BCUT2D eigenvalue weighted by Crippen LogP contribution is 2.12. The lowest BCUT2D eigenvalue weighted by Crippen LogP contribution is -2.26. The molecule has 0 saturated carbocycles. The number of nitrogens with zero attached hydrogens (tertiary/aromatic N) is 2. The van der Waals surface area contributed by atoms with Crippen LogP contribution in [0.3, 0.4) is 0 Å². The van der Waals surface area contributed by atoms with Gasteiger partial charge < -0.3 is 10.0 Å². The SMILES string of the molecule is CN(CC(=O)O)c1ncccc1F. The van der Waals surface area contributed by atoms with E-state index in [-0.39, 0.29) is 12.4 Å². The monoisotopic (exact) mass is 184 g/mol. The van der Waals surface area contributed by atoms with E-state index in [1.165, 1.54) is 30.3 Å². The summed E-state index contributed by atoms with van der Waals surface area (Å²) < 4.78 is 13.0. The predicted molar refractivity (Wildman–Crippen MR) is 45.1 cm³/mol. The Hall–Kier alpha value is -1.65. The standard InChI is InChI=1S/C8H9FN2O2/c1-11(5-7(12)13)8-6(9)3-2-4-10-8/h2-4H,5H2,1H3,(H,12,13). The third kappa shape index (κ3) is 2.40. The van der Waals surface area contributed by atoms with Crippen molar-refractivity contribution in [3.05, 3.63) is 24.1 Å². The fourth-order valence-electron chi connectivity index (χ4n) is 0.936. The topological polar surface area (TPSA) is 53.4 Å². The lowest BCUT2D eigenvalue weighted by molar-refractivity contribution is -0.135. The van der Waals surface area contributed by atoms with E-state index in [9.17, 15) is 9.18 Å². The summed E-state index contributed by atoms with van der Waals surface area (Å²) in [5.74, 6) is -1.50. The van der Waals surface area contributed by atoms with Gasteiger partial charge in [-0.05, 0) is 12.1 Å². The fraction of sp³-hybridized carbons (Fsp3) is 0.250. The summed E-state index contributed by atoms with van der Waals surface area (Å²) in [5, 5.41) is 8.44. The average Bonchev–Trinajstić information content (AvgIpc) is 2.03. The number of carboxylic acids is 1. The third-order valence-corrected chi connectivity index (χ3v) is 1.47. The molecule has 13 heavy (non-hydrogen) atoms. The molecule has 1 aromatic heterocycles. The van der Waals surface area contributed by atoms with Crippen molar-refractivity contribution in [3.8, 4) is 0 Å². The zero-order chi connectivity index (χ0) is 9.84. The maximum Gasteiger partial charge on any atom is 0.323 e. The Bertz CT molecular complexity index is 317. The molecule has 0 aromatic carbocycles. The maximum atomic E-state index is 13.0. The number of carboxylic acid groups (broad SMARTS) is 1. The number of aliphatic carboxylic acids is 1. The molecule has 0 bridgehead atoms. The maximum absolute atomic E-state index is 13.0. The van der Waals surface area contributed by atoms with Gasteiger partial charge >= 0.3 is 5.97 Å². The van der Waals surface area contributed by atoms with Crippen molar-refractivity contribution in [2.24, 2.45) is 0 Å². The number of hydrogen-bond donors (Lipinski definition) is 1. The highest BCUT2D eigenvalue weighted by atomic mass is 19.1. The molecular formula is C8H9FN2O2. The van der Waals surface area contributed by atoms with Crippen LogP contribution in [0.25, 0.3) is 0 Å². The van der Waals surface area contributed by atoms with Gasteiger partial charge in [0.1, 0.15) is 6.54 Å². The lowest BCUT2D eigenvalue weighted by Gasteiger charge is -2.15. The van der Waals surface area contributed by atoms with E-state index in [2.05, 4.69) is 4.98 Å². The van der Waals surface area contributed by atoms with Gasteiger partial charge in [-0.25, -0.2) is 9.37 Å². The van der Waals surface area contributed by atoms with E-state index in [1.54, 1.807) is 0 Å². The van der Waals surface area contributed by atoms with Crippen LogP contribution in [0.4, 0.5) is 10.2 Å². The van der Waals surface area contributed by atoms with Gasteiger partial charge in [-0.15, -0.1) is 0 Å². The molecule has 0 aliphatic rings. The number of aromatic nitrogens is 1. The van der Waals surface area contributed by atoms with E-state index in [0.29, 0.717) is 0 Å². The molecule has 4 nitrogen and oxygen atoms in total. The summed E-state index contributed by atoms with van der Waals surface area (Å²) in [6.45, 7) is -0.270. The van der Waals surface area contributed by atoms with E-state index in [4.69, 9.17) is 5.11 Å². The van der Waals surface area contributed by atoms with Crippen LogP contribution in [-0.4, -0.2) is 29.7 Å². The first-order valence-corrected chi connectivity index (χ1v) is 3.64. The molecule has 70 valence electrons. The Labute approximate surface area is 74.6 Å². The van der Waals surface area contributed by atoms with E-state index in [0.717, 1.165) is 0 Å².